The Hall–Kier alpha value is -3.62. The lowest BCUT2D eigenvalue weighted by Gasteiger charge is -2.22. The number of carbonyl (C=O) groups excluding carboxylic acids is 4. The van der Waals surface area contributed by atoms with Gasteiger partial charge >= 0.3 is 11.9 Å². The van der Waals surface area contributed by atoms with E-state index in [2.05, 4.69) is 18.4 Å². The minimum atomic E-state index is -1.31. The lowest BCUT2D eigenvalue weighted by Crippen LogP contribution is -2.33. The molecular formula is C34H52O8. The third-order valence-corrected chi connectivity index (χ3v) is 5.21. The predicted molar refractivity (Wildman–Crippen MR) is 167 cm³/mol. The molecule has 0 aromatic carbocycles. The smallest absolute Gasteiger partial charge is 0.321 e. The van der Waals surface area contributed by atoms with Gasteiger partial charge in [-0.15, -0.1) is 24.7 Å². The van der Waals surface area contributed by atoms with Gasteiger partial charge in [0, 0.05) is 31.9 Å². The number of allylic oxidation sites excluding steroid dienone is 2. The van der Waals surface area contributed by atoms with E-state index in [0.717, 1.165) is 0 Å². The Balaban J connectivity index is -0.00000167. The summed E-state index contributed by atoms with van der Waals surface area (Å²) in [5.41, 5.74) is 0.447. The van der Waals surface area contributed by atoms with Crippen molar-refractivity contribution in [3.8, 4) is 24.7 Å². The molecule has 0 bridgehead atoms. The predicted octanol–water partition coefficient (Wildman–Crippen LogP) is 6.49. The number of aliphatic hydroxyl groups is 1. The summed E-state index contributed by atoms with van der Waals surface area (Å²) >= 11 is 0. The van der Waals surface area contributed by atoms with Crippen LogP contribution in [0.15, 0.2) is 35.1 Å². The Morgan fingerprint density at radius 2 is 1.43 bits per heavy atom. The van der Waals surface area contributed by atoms with E-state index >= 15 is 0 Å². The third-order valence-electron chi connectivity index (χ3n) is 5.21. The van der Waals surface area contributed by atoms with Crippen LogP contribution in [0.2, 0.25) is 0 Å². The van der Waals surface area contributed by atoms with E-state index in [1.54, 1.807) is 41.7 Å². The van der Waals surface area contributed by atoms with Gasteiger partial charge in [-0.05, 0) is 73.0 Å². The van der Waals surface area contributed by atoms with E-state index in [-0.39, 0.29) is 49.4 Å². The summed E-state index contributed by atoms with van der Waals surface area (Å²) in [5, 5.41) is 10.6. The van der Waals surface area contributed by atoms with E-state index in [1.807, 2.05) is 34.6 Å². The fraction of sp³-hybridized carbons (Fsp3) is 0.588. The quantitative estimate of drug-likeness (QED) is 0.0648. The van der Waals surface area contributed by atoms with Gasteiger partial charge in [0.05, 0.1) is 11.5 Å². The van der Waals surface area contributed by atoms with Crippen LogP contribution in [-0.2, 0) is 33.4 Å². The van der Waals surface area contributed by atoms with Crippen LogP contribution in [0.5, 0.6) is 0 Å². The van der Waals surface area contributed by atoms with Gasteiger partial charge in [-0.1, -0.05) is 26.5 Å². The van der Waals surface area contributed by atoms with Crippen molar-refractivity contribution in [1.29, 1.82) is 0 Å². The summed E-state index contributed by atoms with van der Waals surface area (Å²) in [6.45, 7) is 21.8. The maximum absolute atomic E-state index is 12.6. The molecule has 0 radical (unpaired) electrons. The van der Waals surface area contributed by atoms with Crippen LogP contribution in [0.25, 0.3) is 0 Å². The van der Waals surface area contributed by atoms with Crippen LogP contribution in [0.3, 0.4) is 0 Å². The van der Waals surface area contributed by atoms with Gasteiger partial charge in [0.15, 0.2) is 5.92 Å². The number of rotatable bonds is 13. The highest BCUT2D eigenvalue weighted by atomic mass is 16.6. The van der Waals surface area contributed by atoms with E-state index in [9.17, 15) is 24.3 Å². The van der Waals surface area contributed by atoms with Gasteiger partial charge in [-0.25, -0.2) is 0 Å². The third kappa shape index (κ3) is 19.5. The molecule has 236 valence electrons. The number of esters is 2. The standard InChI is InChI=1S/C27H34O7.C5H12O.C2H6/c1-9-12-20(16-28)23(29)15-14-21(24(30)18(4)5)19(11-3)17-33-25(31)22(13-10-2)26(32)34-27(6,7)8;1-5(2,3)6-4;1-2/h1-2,11,16,20,22,30H,3,12-15,17H2,4-8H3;1-4H3;1-2H3/b21-19+;;. The topological polar surface area (TPSA) is 116 Å². The molecule has 0 aliphatic rings. The molecule has 0 aliphatic heterocycles. The van der Waals surface area contributed by atoms with Crippen LogP contribution < -0.4 is 0 Å². The van der Waals surface area contributed by atoms with Gasteiger partial charge in [0.1, 0.15) is 30.0 Å². The molecule has 1 N–H and O–H groups in total. The Morgan fingerprint density at radius 1 is 0.929 bits per heavy atom. The second kappa shape index (κ2) is 22.0. The lowest BCUT2D eigenvalue weighted by molar-refractivity contribution is -0.168. The number of ether oxygens (including phenoxy) is 3. The molecule has 0 amide bonds. The highest BCUT2D eigenvalue weighted by molar-refractivity contribution is 5.95. The summed E-state index contributed by atoms with van der Waals surface area (Å²) < 4.78 is 15.5. The number of carbonyl (C=O) groups is 4. The first kappa shape index (κ1) is 42.8. The van der Waals surface area contributed by atoms with Crippen molar-refractivity contribution in [3.63, 3.8) is 0 Å². The van der Waals surface area contributed by atoms with Gasteiger partial charge in [0.2, 0.25) is 0 Å². The molecule has 2 atom stereocenters. The maximum atomic E-state index is 12.6. The molecule has 0 spiro atoms. The van der Waals surface area contributed by atoms with Crippen molar-refractivity contribution in [3.05, 3.63) is 35.1 Å². The largest absolute Gasteiger partial charge is 0.508 e. The molecule has 8 nitrogen and oxygen atoms in total. The van der Waals surface area contributed by atoms with Crippen LogP contribution in [0, 0.1) is 36.5 Å². The molecule has 0 saturated carbocycles. The zero-order valence-corrected chi connectivity index (χ0v) is 27.5. The SMILES string of the molecule is C#CCC(C=O)C(=O)CC/C(C(O)=C(C)C)=C(/C=C)COC(=O)C(CC#C)C(=O)OC(C)(C)C.CC.COC(C)(C)C. The molecule has 0 saturated heterocycles. The van der Waals surface area contributed by atoms with Crippen molar-refractivity contribution in [1.82, 2.24) is 0 Å². The Labute approximate surface area is 254 Å². The number of ketones is 1. The van der Waals surface area contributed by atoms with Crippen LogP contribution in [0.4, 0.5) is 0 Å². The number of aldehydes is 1. The molecule has 0 aromatic rings. The highest BCUT2D eigenvalue weighted by Crippen LogP contribution is 2.24. The number of methoxy groups -OCH3 is 1. The first-order chi connectivity index (χ1) is 19.4. The normalized spacial score (nSPS) is 12.5. The first-order valence-electron chi connectivity index (χ1n) is 13.9. The second-order valence-corrected chi connectivity index (χ2v) is 11.1. The molecule has 0 rings (SSSR count). The van der Waals surface area contributed by atoms with Crippen molar-refractivity contribution in [2.45, 2.75) is 106 Å². The molecule has 42 heavy (non-hydrogen) atoms. The summed E-state index contributed by atoms with van der Waals surface area (Å²) in [4.78, 5) is 48.5. The fourth-order valence-electron chi connectivity index (χ4n) is 2.80. The minimum absolute atomic E-state index is 0.0107. The number of terminal acetylenes is 2. The molecular weight excluding hydrogens is 536 g/mol. The lowest BCUT2D eigenvalue weighted by atomic mass is 9.93. The molecule has 8 heteroatoms. The number of Topliss-reactive ketones (excluding diaryl/α,β-unsaturated/α-hetero) is 1. The fourth-order valence-corrected chi connectivity index (χ4v) is 2.80. The van der Waals surface area contributed by atoms with Gasteiger partial charge in [-0.2, -0.15) is 0 Å². The Morgan fingerprint density at radius 3 is 1.79 bits per heavy atom. The number of hydrogen-bond acceptors (Lipinski definition) is 8. The van der Waals surface area contributed by atoms with Crippen molar-refractivity contribution in [2.75, 3.05) is 13.7 Å². The van der Waals surface area contributed by atoms with Crippen molar-refractivity contribution < 1.29 is 38.5 Å². The second-order valence-electron chi connectivity index (χ2n) is 11.1. The van der Waals surface area contributed by atoms with E-state index in [4.69, 9.17) is 27.1 Å². The summed E-state index contributed by atoms with van der Waals surface area (Å²) in [7, 11) is 1.71. The average Bonchev–Trinajstić information content (AvgIpc) is 2.91. The maximum Gasteiger partial charge on any atom is 0.321 e. The number of hydrogen-bond donors (Lipinski definition) is 1. The Bertz CT molecular complexity index is 1030. The molecule has 0 aromatic heterocycles. The minimum Gasteiger partial charge on any atom is -0.508 e. The van der Waals surface area contributed by atoms with Gasteiger partial charge in [-0.3, -0.25) is 14.4 Å². The van der Waals surface area contributed by atoms with Crippen molar-refractivity contribution in [2.24, 2.45) is 11.8 Å². The molecule has 2 unspecified atom stereocenters. The molecule has 0 aliphatic carbocycles. The van der Waals surface area contributed by atoms with Gasteiger partial charge in [0.25, 0.3) is 0 Å². The van der Waals surface area contributed by atoms with E-state index < -0.39 is 29.4 Å². The monoisotopic (exact) mass is 588 g/mol. The molecule has 0 heterocycles. The number of aliphatic hydroxyl groups excluding tert-OH is 1. The highest BCUT2D eigenvalue weighted by Gasteiger charge is 2.32. The zero-order valence-electron chi connectivity index (χ0n) is 27.5. The van der Waals surface area contributed by atoms with Crippen LogP contribution in [0.1, 0.15) is 94.9 Å². The summed E-state index contributed by atoms with van der Waals surface area (Å²) in [5.74, 6) is 0.182. The van der Waals surface area contributed by atoms with E-state index in [1.165, 1.54) is 6.08 Å². The average molecular weight is 589 g/mol. The van der Waals surface area contributed by atoms with Crippen LogP contribution in [-0.4, -0.2) is 54.0 Å². The zero-order chi connectivity index (χ0) is 33.7. The van der Waals surface area contributed by atoms with Crippen molar-refractivity contribution >= 4 is 24.0 Å². The summed E-state index contributed by atoms with van der Waals surface area (Å²) in [6.07, 6.45) is 12.2. The first-order valence-corrected chi connectivity index (χ1v) is 13.9. The molecule has 0 fully saturated rings. The summed E-state index contributed by atoms with van der Waals surface area (Å²) in [6, 6.07) is 0. The van der Waals surface area contributed by atoms with Gasteiger partial charge < -0.3 is 24.1 Å². The van der Waals surface area contributed by atoms with Crippen LogP contribution >= 0.6 is 0 Å². The van der Waals surface area contributed by atoms with E-state index in [0.29, 0.717) is 23.0 Å². The Kier molecular flexibility index (Phi) is 22.5.